The molecule has 0 aliphatic carbocycles. The Hall–Kier alpha value is -3.08. The minimum atomic E-state index is -0.178. The summed E-state index contributed by atoms with van der Waals surface area (Å²) < 4.78 is 6.86. The lowest BCUT2D eigenvalue weighted by molar-refractivity contribution is 0.101. The molecule has 0 aliphatic heterocycles. The van der Waals surface area contributed by atoms with Crippen molar-refractivity contribution in [3.8, 4) is 17.0 Å². The molecule has 0 bridgehead atoms. The number of methoxy groups -OCH3 is 1. The normalized spacial score (nSPS) is 10.8. The van der Waals surface area contributed by atoms with Crippen LogP contribution in [0.15, 0.2) is 54.6 Å². The van der Waals surface area contributed by atoms with E-state index in [-0.39, 0.29) is 5.91 Å². The fourth-order valence-electron chi connectivity index (χ4n) is 2.90. The fraction of sp³-hybridized carbons (Fsp3) is 0.238. The van der Waals surface area contributed by atoms with Gasteiger partial charge in [-0.1, -0.05) is 44.2 Å². The molecular weight excluding hydrogens is 326 g/mol. The third-order valence-electron chi connectivity index (χ3n) is 4.31. The van der Waals surface area contributed by atoms with Crippen LogP contribution in [-0.2, 0) is 7.05 Å². The molecule has 3 aromatic rings. The summed E-state index contributed by atoms with van der Waals surface area (Å²) in [7, 11) is 3.40. The summed E-state index contributed by atoms with van der Waals surface area (Å²) in [4.78, 5) is 12.8. The van der Waals surface area contributed by atoms with E-state index in [2.05, 4.69) is 24.3 Å². The Morgan fingerprint density at radius 3 is 2.62 bits per heavy atom. The van der Waals surface area contributed by atoms with Crippen molar-refractivity contribution in [2.24, 2.45) is 7.05 Å². The monoisotopic (exact) mass is 349 g/mol. The first kappa shape index (κ1) is 17.7. The fourth-order valence-corrected chi connectivity index (χ4v) is 2.90. The van der Waals surface area contributed by atoms with Gasteiger partial charge in [-0.2, -0.15) is 5.10 Å². The number of carbonyl (C=O) groups is 1. The molecule has 1 aromatic heterocycles. The Labute approximate surface area is 153 Å². The lowest BCUT2D eigenvalue weighted by atomic mass is 10.0. The number of aromatic nitrogens is 2. The lowest BCUT2D eigenvalue weighted by Crippen LogP contribution is -2.17. The molecule has 0 unspecified atom stereocenters. The minimum absolute atomic E-state index is 0.178. The first-order chi connectivity index (χ1) is 12.5. The van der Waals surface area contributed by atoms with Crippen molar-refractivity contribution in [1.82, 2.24) is 9.78 Å². The Morgan fingerprint density at radius 2 is 1.88 bits per heavy atom. The standard InChI is InChI=1S/C21H23N3O2/c1-14(2)17-10-5-6-11-18(17)22-21(25)20-13-19(23-24(20)3)15-8-7-9-16(12-15)26-4/h5-14H,1-4H3,(H,22,25). The second kappa shape index (κ2) is 7.44. The summed E-state index contributed by atoms with van der Waals surface area (Å²) in [6.07, 6.45) is 0. The quantitative estimate of drug-likeness (QED) is 0.739. The zero-order valence-corrected chi connectivity index (χ0v) is 15.5. The van der Waals surface area contributed by atoms with Crippen LogP contribution < -0.4 is 10.1 Å². The molecule has 0 atom stereocenters. The molecule has 0 saturated carbocycles. The minimum Gasteiger partial charge on any atom is -0.497 e. The van der Waals surface area contributed by atoms with Crippen molar-refractivity contribution in [2.45, 2.75) is 19.8 Å². The van der Waals surface area contributed by atoms with Gasteiger partial charge in [0.15, 0.2) is 0 Å². The maximum absolute atomic E-state index is 12.8. The number of aryl methyl sites for hydroxylation is 1. The van der Waals surface area contributed by atoms with E-state index >= 15 is 0 Å². The third-order valence-corrected chi connectivity index (χ3v) is 4.31. The predicted octanol–water partition coefficient (Wildman–Crippen LogP) is 4.47. The molecule has 1 heterocycles. The molecule has 0 spiro atoms. The number of anilines is 1. The summed E-state index contributed by atoms with van der Waals surface area (Å²) >= 11 is 0. The van der Waals surface area contributed by atoms with E-state index in [4.69, 9.17) is 4.74 Å². The highest BCUT2D eigenvalue weighted by atomic mass is 16.5. The van der Waals surface area contributed by atoms with Crippen molar-refractivity contribution >= 4 is 11.6 Å². The average molecular weight is 349 g/mol. The van der Waals surface area contributed by atoms with Crippen molar-refractivity contribution < 1.29 is 9.53 Å². The van der Waals surface area contributed by atoms with Crippen molar-refractivity contribution in [1.29, 1.82) is 0 Å². The van der Waals surface area contributed by atoms with E-state index in [1.165, 1.54) is 0 Å². The van der Waals surface area contributed by atoms with Gasteiger partial charge < -0.3 is 10.1 Å². The van der Waals surface area contributed by atoms with Gasteiger partial charge in [0.25, 0.3) is 5.91 Å². The first-order valence-electron chi connectivity index (χ1n) is 8.58. The van der Waals surface area contributed by atoms with Crippen LogP contribution in [-0.4, -0.2) is 22.8 Å². The van der Waals surface area contributed by atoms with Gasteiger partial charge in [0, 0.05) is 18.3 Å². The van der Waals surface area contributed by atoms with Crippen LogP contribution in [0.25, 0.3) is 11.3 Å². The highest BCUT2D eigenvalue weighted by Gasteiger charge is 2.16. The van der Waals surface area contributed by atoms with Gasteiger partial charge in [-0.05, 0) is 35.7 Å². The van der Waals surface area contributed by atoms with E-state index in [1.54, 1.807) is 24.9 Å². The van der Waals surface area contributed by atoms with Crippen LogP contribution in [0.4, 0.5) is 5.69 Å². The predicted molar refractivity (Wildman–Crippen MR) is 104 cm³/mol. The molecule has 1 amide bonds. The summed E-state index contributed by atoms with van der Waals surface area (Å²) in [6, 6.07) is 17.3. The number of ether oxygens (including phenoxy) is 1. The van der Waals surface area contributed by atoms with Gasteiger partial charge >= 0.3 is 0 Å². The molecule has 3 rings (SSSR count). The van der Waals surface area contributed by atoms with E-state index in [1.807, 2.05) is 48.5 Å². The highest BCUT2D eigenvalue weighted by molar-refractivity contribution is 6.04. The summed E-state index contributed by atoms with van der Waals surface area (Å²) in [5.41, 5.74) is 4.07. The maximum atomic E-state index is 12.8. The molecule has 0 fully saturated rings. The van der Waals surface area contributed by atoms with Gasteiger partial charge in [0.2, 0.25) is 0 Å². The van der Waals surface area contributed by atoms with Crippen LogP contribution in [0.2, 0.25) is 0 Å². The van der Waals surface area contributed by atoms with E-state index in [0.29, 0.717) is 11.6 Å². The van der Waals surface area contributed by atoms with Crippen molar-refractivity contribution in [3.05, 3.63) is 65.9 Å². The number of rotatable bonds is 5. The highest BCUT2D eigenvalue weighted by Crippen LogP contribution is 2.26. The number of carbonyl (C=O) groups excluding carboxylic acids is 1. The average Bonchev–Trinajstić information content (AvgIpc) is 3.04. The first-order valence-corrected chi connectivity index (χ1v) is 8.58. The van der Waals surface area contributed by atoms with Crippen LogP contribution in [0.3, 0.4) is 0 Å². The van der Waals surface area contributed by atoms with Gasteiger partial charge in [0.05, 0.1) is 12.8 Å². The molecular formula is C21H23N3O2. The zero-order chi connectivity index (χ0) is 18.7. The van der Waals surface area contributed by atoms with E-state index < -0.39 is 0 Å². The summed E-state index contributed by atoms with van der Waals surface area (Å²) in [6.45, 7) is 4.21. The van der Waals surface area contributed by atoms with Crippen molar-refractivity contribution in [2.75, 3.05) is 12.4 Å². The van der Waals surface area contributed by atoms with E-state index in [9.17, 15) is 4.79 Å². The number of hydrogen-bond donors (Lipinski definition) is 1. The van der Waals surface area contributed by atoms with Gasteiger partial charge in [-0.15, -0.1) is 0 Å². The van der Waals surface area contributed by atoms with Crippen molar-refractivity contribution in [3.63, 3.8) is 0 Å². The SMILES string of the molecule is COc1cccc(-c2cc(C(=O)Nc3ccccc3C(C)C)n(C)n2)c1. The van der Waals surface area contributed by atoms with Gasteiger partial charge in [-0.3, -0.25) is 9.48 Å². The largest absolute Gasteiger partial charge is 0.497 e. The Kier molecular flexibility index (Phi) is 5.07. The van der Waals surface area contributed by atoms with E-state index in [0.717, 1.165) is 28.3 Å². The summed E-state index contributed by atoms with van der Waals surface area (Å²) in [5.74, 6) is 0.901. The topological polar surface area (TPSA) is 56.1 Å². The molecule has 1 N–H and O–H groups in total. The van der Waals surface area contributed by atoms with Gasteiger partial charge in [-0.25, -0.2) is 0 Å². The summed E-state index contributed by atoms with van der Waals surface area (Å²) in [5, 5.41) is 7.49. The number of benzene rings is 2. The Balaban J connectivity index is 1.88. The van der Waals surface area contributed by atoms with Crippen LogP contribution >= 0.6 is 0 Å². The van der Waals surface area contributed by atoms with Gasteiger partial charge in [0.1, 0.15) is 11.4 Å². The van der Waals surface area contributed by atoms with Crippen LogP contribution in [0.1, 0.15) is 35.8 Å². The third kappa shape index (κ3) is 3.61. The smallest absolute Gasteiger partial charge is 0.273 e. The van der Waals surface area contributed by atoms with Crippen LogP contribution in [0, 0.1) is 0 Å². The second-order valence-electron chi connectivity index (χ2n) is 6.47. The number of para-hydroxylation sites is 1. The molecule has 134 valence electrons. The zero-order valence-electron chi connectivity index (χ0n) is 15.5. The molecule has 0 aliphatic rings. The number of nitrogens with one attached hydrogen (secondary N) is 1. The maximum Gasteiger partial charge on any atom is 0.273 e. The molecule has 0 saturated heterocycles. The Bertz CT molecular complexity index is 929. The molecule has 2 aromatic carbocycles. The molecule has 5 heteroatoms. The van der Waals surface area contributed by atoms with Crippen LogP contribution in [0.5, 0.6) is 5.75 Å². The molecule has 0 radical (unpaired) electrons. The number of amides is 1. The molecule has 5 nitrogen and oxygen atoms in total. The molecule has 26 heavy (non-hydrogen) atoms. The number of nitrogens with zero attached hydrogens (tertiary/aromatic N) is 2. The number of hydrogen-bond acceptors (Lipinski definition) is 3. The lowest BCUT2D eigenvalue weighted by Gasteiger charge is -2.13. The second-order valence-corrected chi connectivity index (χ2v) is 6.47. The Morgan fingerprint density at radius 1 is 1.12 bits per heavy atom.